The van der Waals surface area contributed by atoms with E-state index >= 15 is 0 Å². The van der Waals surface area contributed by atoms with Gasteiger partial charge in [0.1, 0.15) is 0 Å². The average Bonchev–Trinajstić information content (AvgIpc) is 2.83. The van der Waals surface area contributed by atoms with E-state index in [-0.39, 0.29) is 11.7 Å². The van der Waals surface area contributed by atoms with Crippen LogP contribution in [0.4, 0.5) is 0 Å². The Labute approximate surface area is 107 Å². The lowest BCUT2D eigenvalue weighted by atomic mass is 9.97. The van der Waals surface area contributed by atoms with Gasteiger partial charge >= 0.3 is 0 Å². The molecule has 1 aromatic heterocycles. The van der Waals surface area contributed by atoms with Gasteiger partial charge in [-0.1, -0.05) is 5.16 Å². The van der Waals surface area contributed by atoms with Crippen LogP contribution in [0.2, 0.25) is 0 Å². The van der Waals surface area contributed by atoms with Gasteiger partial charge in [0.05, 0.1) is 0 Å². The third-order valence-electron chi connectivity index (χ3n) is 3.33. The van der Waals surface area contributed by atoms with Crippen LogP contribution < -0.4 is 5.32 Å². The van der Waals surface area contributed by atoms with Crippen molar-refractivity contribution in [1.29, 1.82) is 0 Å². The molecule has 0 aromatic carbocycles. The fourth-order valence-electron chi connectivity index (χ4n) is 2.26. The molecule has 1 amide bonds. The summed E-state index contributed by atoms with van der Waals surface area (Å²) < 4.78 is 4.85. The SMILES string of the molecule is CCN(CC1CCNCC1)C(=O)c1noc(C)n1. The lowest BCUT2D eigenvalue weighted by Gasteiger charge is -2.28. The molecule has 0 aliphatic carbocycles. The van der Waals surface area contributed by atoms with E-state index in [1.165, 1.54) is 0 Å². The summed E-state index contributed by atoms with van der Waals surface area (Å²) in [4.78, 5) is 18.0. The van der Waals surface area contributed by atoms with Crippen LogP contribution in [0.25, 0.3) is 0 Å². The molecule has 0 radical (unpaired) electrons. The van der Waals surface area contributed by atoms with Gasteiger partial charge in [0.15, 0.2) is 0 Å². The number of amides is 1. The first-order valence-electron chi connectivity index (χ1n) is 6.51. The second-order valence-corrected chi connectivity index (χ2v) is 4.67. The van der Waals surface area contributed by atoms with Crippen molar-refractivity contribution in [2.75, 3.05) is 26.2 Å². The largest absolute Gasteiger partial charge is 0.339 e. The Bertz CT molecular complexity index is 399. The highest BCUT2D eigenvalue weighted by Crippen LogP contribution is 2.14. The summed E-state index contributed by atoms with van der Waals surface area (Å²) in [7, 11) is 0. The van der Waals surface area contributed by atoms with Crippen molar-refractivity contribution in [3.8, 4) is 0 Å². The van der Waals surface area contributed by atoms with E-state index in [0.29, 0.717) is 18.4 Å². The highest BCUT2D eigenvalue weighted by molar-refractivity contribution is 5.90. The first-order chi connectivity index (χ1) is 8.70. The number of hydrogen-bond donors (Lipinski definition) is 1. The number of nitrogens with zero attached hydrogens (tertiary/aromatic N) is 3. The summed E-state index contributed by atoms with van der Waals surface area (Å²) >= 11 is 0. The topological polar surface area (TPSA) is 71.3 Å². The van der Waals surface area contributed by atoms with Crippen LogP contribution in [0.15, 0.2) is 4.52 Å². The van der Waals surface area contributed by atoms with E-state index in [1.807, 2.05) is 6.92 Å². The van der Waals surface area contributed by atoms with Gasteiger partial charge in [0, 0.05) is 20.0 Å². The number of hydrogen-bond acceptors (Lipinski definition) is 5. The zero-order valence-electron chi connectivity index (χ0n) is 11.0. The Morgan fingerprint density at radius 2 is 2.22 bits per heavy atom. The molecule has 1 saturated heterocycles. The Hall–Kier alpha value is -1.43. The van der Waals surface area contributed by atoms with E-state index in [4.69, 9.17) is 4.52 Å². The number of nitrogens with one attached hydrogen (secondary N) is 1. The smallest absolute Gasteiger partial charge is 0.295 e. The van der Waals surface area contributed by atoms with Crippen LogP contribution >= 0.6 is 0 Å². The third-order valence-corrected chi connectivity index (χ3v) is 3.33. The number of aryl methyl sites for hydroxylation is 1. The molecule has 1 aliphatic heterocycles. The molecule has 1 N–H and O–H groups in total. The summed E-state index contributed by atoms with van der Waals surface area (Å²) in [6.45, 7) is 7.20. The van der Waals surface area contributed by atoms with Gasteiger partial charge in [0.2, 0.25) is 5.89 Å². The maximum absolute atomic E-state index is 12.2. The molecule has 0 atom stereocenters. The fraction of sp³-hybridized carbons (Fsp3) is 0.750. The Morgan fingerprint density at radius 1 is 1.50 bits per heavy atom. The second-order valence-electron chi connectivity index (χ2n) is 4.67. The summed E-state index contributed by atoms with van der Waals surface area (Å²) in [5.41, 5.74) is 0. The van der Waals surface area contributed by atoms with Crippen LogP contribution in [0.1, 0.15) is 36.3 Å². The van der Waals surface area contributed by atoms with E-state index in [9.17, 15) is 4.79 Å². The molecule has 1 fully saturated rings. The lowest BCUT2D eigenvalue weighted by Crippen LogP contribution is -2.39. The molecule has 0 saturated carbocycles. The zero-order chi connectivity index (χ0) is 13.0. The standard InChI is InChI=1S/C12H20N4O2/c1-3-16(8-10-4-6-13-7-5-10)12(17)11-14-9(2)18-15-11/h10,13H,3-8H2,1-2H3. The van der Waals surface area contributed by atoms with E-state index in [1.54, 1.807) is 11.8 Å². The monoisotopic (exact) mass is 252 g/mol. The van der Waals surface area contributed by atoms with Gasteiger partial charge in [-0.2, -0.15) is 4.98 Å². The van der Waals surface area contributed by atoms with Crippen molar-refractivity contribution < 1.29 is 9.32 Å². The number of carbonyl (C=O) groups excluding carboxylic acids is 1. The van der Waals surface area contributed by atoms with Gasteiger partial charge in [-0.15, -0.1) is 0 Å². The number of rotatable bonds is 4. The second kappa shape index (κ2) is 5.95. The Kier molecular flexibility index (Phi) is 4.30. The summed E-state index contributed by atoms with van der Waals surface area (Å²) in [5.74, 6) is 1.04. The molecule has 2 heterocycles. The first-order valence-corrected chi connectivity index (χ1v) is 6.51. The van der Waals surface area contributed by atoms with Crippen molar-refractivity contribution in [2.45, 2.75) is 26.7 Å². The molecular formula is C12H20N4O2. The van der Waals surface area contributed by atoms with Crippen molar-refractivity contribution in [2.24, 2.45) is 5.92 Å². The molecular weight excluding hydrogens is 232 g/mol. The summed E-state index contributed by atoms with van der Waals surface area (Å²) in [6, 6.07) is 0. The maximum Gasteiger partial charge on any atom is 0.295 e. The van der Waals surface area contributed by atoms with Crippen molar-refractivity contribution >= 4 is 5.91 Å². The van der Waals surface area contributed by atoms with Crippen LogP contribution in [0, 0.1) is 12.8 Å². The number of piperidine rings is 1. The molecule has 2 rings (SSSR count). The van der Waals surface area contributed by atoms with Crippen molar-refractivity contribution in [3.05, 3.63) is 11.7 Å². The number of aromatic nitrogens is 2. The maximum atomic E-state index is 12.2. The van der Waals surface area contributed by atoms with Gasteiger partial charge < -0.3 is 14.7 Å². The Balaban J connectivity index is 1.97. The van der Waals surface area contributed by atoms with Gasteiger partial charge in [-0.05, 0) is 38.8 Å². The van der Waals surface area contributed by atoms with Crippen molar-refractivity contribution in [3.63, 3.8) is 0 Å². The minimum atomic E-state index is -0.132. The fourth-order valence-corrected chi connectivity index (χ4v) is 2.26. The minimum absolute atomic E-state index is 0.132. The summed E-state index contributed by atoms with van der Waals surface area (Å²) in [6.07, 6.45) is 2.24. The Morgan fingerprint density at radius 3 is 2.78 bits per heavy atom. The normalized spacial score (nSPS) is 16.8. The predicted octanol–water partition coefficient (Wildman–Crippen LogP) is 0.840. The van der Waals surface area contributed by atoms with E-state index < -0.39 is 0 Å². The quantitative estimate of drug-likeness (QED) is 0.859. The summed E-state index contributed by atoms with van der Waals surface area (Å²) in [5, 5.41) is 7.02. The molecule has 1 aliphatic rings. The molecule has 100 valence electrons. The zero-order valence-corrected chi connectivity index (χ0v) is 11.0. The molecule has 0 unspecified atom stereocenters. The van der Waals surface area contributed by atoms with Gasteiger partial charge in [0.25, 0.3) is 11.7 Å². The molecule has 0 bridgehead atoms. The van der Waals surface area contributed by atoms with Crippen molar-refractivity contribution in [1.82, 2.24) is 20.4 Å². The predicted molar refractivity (Wildman–Crippen MR) is 66.2 cm³/mol. The molecule has 6 nitrogen and oxygen atoms in total. The molecule has 18 heavy (non-hydrogen) atoms. The van der Waals surface area contributed by atoms with Crippen LogP contribution in [-0.4, -0.2) is 47.1 Å². The molecule has 0 spiro atoms. The number of carbonyl (C=O) groups is 1. The van der Waals surface area contributed by atoms with Gasteiger partial charge in [-0.3, -0.25) is 4.79 Å². The van der Waals surface area contributed by atoms with Crippen LogP contribution in [0.5, 0.6) is 0 Å². The molecule has 6 heteroatoms. The highest BCUT2D eigenvalue weighted by atomic mass is 16.5. The highest BCUT2D eigenvalue weighted by Gasteiger charge is 2.23. The van der Waals surface area contributed by atoms with E-state index in [0.717, 1.165) is 32.5 Å². The van der Waals surface area contributed by atoms with Crippen LogP contribution in [-0.2, 0) is 0 Å². The van der Waals surface area contributed by atoms with Gasteiger partial charge in [-0.25, -0.2) is 0 Å². The lowest BCUT2D eigenvalue weighted by molar-refractivity contribution is 0.0711. The van der Waals surface area contributed by atoms with E-state index in [2.05, 4.69) is 15.5 Å². The average molecular weight is 252 g/mol. The molecule has 1 aromatic rings. The first kappa shape index (κ1) is 13.0. The van der Waals surface area contributed by atoms with Crippen LogP contribution in [0.3, 0.4) is 0 Å². The third kappa shape index (κ3) is 3.07. The minimum Gasteiger partial charge on any atom is -0.339 e.